The summed E-state index contributed by atoms with van der Waals surface area (Å²) in [7, 11) is 0. The Balaban J connectivity index is 1.43. The van der Waals surface area contributed by atoms with Crippen molar-refractivity contribution in [2.75, 3.05) is 65.1 Å². The van der Waals surface area contributed by atoms with Crippen LogP contribution in [-0.4, -0.2) is 110 Å². The van der Waals surface area contributed by atoms with Gasteiger partial charge in [-0.3, -0.25) is 14.4 Å². The first-order valence-electron chi connectivity index (χ1n) is 17.8. The highest BCUT2D eigenvalue weighted by Crippen LogP contribution is 2.61. The summed E-state index contributed by atoms with van der Waals surface area (Å²) in [4.78, 5) is 38.7. The third-order valence-corrected chi connectivity index (χ3v) is 11.8. The minimum atomic E-state index is -1.51. The fraction of sp³-hybridized carbons (Fsp3) is 0.857. The number of carbonyl (C=O) groups excluding carboxylic acids is 3. The molecule has 6 atom stereocenters. The number of amides is 1. The van der Waals surface area contributed by atoms with Crippen LogP contribution in [0.4, 0.5) is 0 Å². The molecule has 2 fully saturated rings. The predicted octanol–water partition coefficient (Wildman–Crippen LogP) is 2.92. The number of allylic oxidation sites excluding steroid dienone is 2. The topological polar surface area (TPSA) is 178 Å². The van der Waals surface area contributed by atoms with Crippen LogP contribution < -0.4 is 11.1 Å². The number of hydrogen-bond acceptors (Lipinski definition) is 11. The lowest BCUT2D eigenvalue weighted by Crippen LogP contribution is -2.52. The molecule has 270 valence electrons. The molecule has 0 saturated heterocycles. The largest absolute Gasteiger partial charge is 0.393 e. The number of nitrogens with two attached hydrogens (primary N) is 1. The Morgan fingerprint density at radius 1 is 1.04 bits per heavy atom. The number of carbonyl (C=O) groups is 3. The standard InChI is InChI=1S/C35H60N2O9S/c1-3-35(43,30(41)24-38)14-10-25-6-9-28(39)32-26(25)7-8-27-33(29(40)11-13-34(27,32)2)47-23-12-31(42)37-16-5-18-45-20-22-46-21-19-44-17-4-15-36/h25-26,28,32,38-39,43H,3-24,36H2,1-2H3,(H,37,42). The molecule has 0 heterocycles. The number of ketones is 2. The van der Waals surface area contributed by atoms with Gasteiger partial charge in [-0.15, -0.1) is 11.8 Å². The third kappa shape index (κ3) is 11.3. The van der Waals surface area contributed by atoms with Crippen LogP contribution in [0.2, 0.25) is 0 Å². The highest BCUT2D eigenvalue weighted by Gasteiger charge is 2.55. The second kappa shape index (κ2) is 20.3. The zero-order valence-electron chi connectivity index (χ0n) is 28.6. The zero-order chi connectivity index (χ0) is 34.3. The van der Waals surface area contributed by atoms with Crippen LogP contribution >= 0.6 is 11.8 Å². The van der Waals surface area contributed by atoms with Gasteiger partial charge in [0.15, 0.2) is 11.6 Å². The second-order valence-corrected chi connectivity index (χ2v) is 14.7. The van der Waals surface area contributed by atoms with E-state index in [9.17, 15) is 29.7 Å². The summed E-state index contributed by atoms with van der Waals surface area (Å²) < 4.78 is 16.4. The molecule has 1 amide bonds. The summed E-state index contributed by atoms with van der Waals surface area (Å²) >= 11 is 1.48. The fourth-order valence-corrected chi connectivity index (χ4v) is 9.15. The molecule has 3 rings (SSSR count). The summed E-state index contributed by atoms with van der Waals surface area (Å²) in [6.45, 7) is 7.69. The quantitative estimate of drug-likeness (QED) is 0.100. The van der Waals surface area contributed by atoms with Crippen molar-refractivity contribution in [2.45, 2.75) is 103 Å². The van der Waals surface area contributed by atoms with Gasteiger partial charge in [0.1, 0.15) is 12.2 Å². The minimum Gasteiger partial charge on any atom is -0.393 e. The second-order valence-electron chi connectivity index (χ2n) is 13.6. The zero-order valence-corrected chi connectivity index (χ0v) is 29.5. The average Bonchev–Trinajstić information content (AvgIpc) is 3.06. The third-order valence-electron chi connectivity index (χ3n) is 10.6. The van der Waals surface area contributed by atoms with Crippen LogP contribution in [0.5, 0.6) is 0 Å². The lowest BCUT2D eigenvalue weighted by Gasteiger charge is -2.56. The van der Waals surface area contributed by atoms with E-state index >= 15 is 0 Å². The molecular weight excluding hydrogens is 624 g/mol. The molecule has 12 heteroatoms. The van der Waals surface area contributed by atoms with Gasteiger partial charge in [-0.2, -0.15) is 0 Å². The number of Topliss-reactive ketones (excluding diaryl/α,β-unsaturated/α-hetero) is 2. The molecule has 0 radical (unpaired) electrons. The molecule has 3 aliphatic rings. The highest BCUT2D eigenvalue weighted by molar-refractivity contribution is 8.04. The van der Waals surface area contributed by atoms with E-state index in [4.69, 9.17) is 19.9 Å². The maximum absolute atomic E-state index is 13.2. The number of rotatable bonds is 23. The van der Waals surface area contributed by atoms with Gasteiger partial charge in [0.05, 0.1) is 37.4 Å². The SMILES string of the molecule is CCC(O)(CCC1CCC(O)C2C1CCC1=C(SCCC(=O)NCCCOCCOCCOCCCN)C(=O)CCC12C)C(=O)CO. The fourth-order valence-electron chi connectivity index (χ4n) is 7.89. The van der Waals surface area contributed by atoms with Gasteiger partial charge >= 0.3 is 0 Å². The molecular formula is C35H60N2O9S. The van der Waals surface area contributed by atoms with E-state index in [2.05, 4.69) is 12.2 Å². The number of aliphatic hydroxyl groups excluding tert-OH is 2. The Labute approximate surface area is 285 Å². The molecule has 3 aliphatic carbocycles. The van der Waals surface area contributed by atoms with Crippen molar-refractivity contribution in [3.63, 3.8) is 0 Å². The molecule has 47 heavy (non-hydrogen) atoms. The van der Waals surface area contributed by atoms with Gasteiger partial charge in [0, 0.05) is 38.4 Å². The average molecular weight is 685 g/mol. The molecule has 0 aromatic rings. The van der Waals surface area contributed by atoms with Gasteiger partial charge in [0.2, 0.25) is 5.91 Å². The van der Waals surface area contributed by atoms with Gasteiger partial charge < -0.3 is 40.6 Å². The van der Waals surface area contributed by atoms with Crippen molar-refractivity contribution in [3.05, 3.63) is 10.5 Å². The van der Waals surface area contributed by atoms with E-state index in [-0.39, 0.29) is 41.3 Å². The van der Waals surface area contributed by atoms with Crippen LogP contribution in [0.1, 0.15) is 90.9 Å². The molecule has 2 saturated carbocycles. The first kappa shape index (κ1) is 40.1. The maximum atomic E-state index is 13.2. The number of fused-ring (bicyclic) bond motifs is 3. The summed E-state index contributed by atoms with van der Waals surface area (Å²) in [5.74, 6) is 0.591. The molecule has 0 aliphatic heterocycles. The van der Waals surface area contributed by atoms with Crippen LogP contribution in [0.25, 0.3) is 0 Å². The van der Waals surface area contributed by atoms with Crippen LogP contribution in [0.3, 0.4) is 0 Å². The van der Waals surface area contributed by atoms with Crippen molar-refractivity contribution >= 4 is 29.2 Å². The number of hydrogen-bond donors (Lipinski definition) is 5. The molecule has 11 nitrogen and oxygen atoms in total. The minimum absolute atomic E-state index is 0.00882. The smallest absolute Gasteiger partial charge is 0.220 e. The lowest BCUT2D eigenvalue weighted by molar-refractivity contribution is -0.142. The molecule has 0 aromatic heterocycles. The molecule has 6 unspecified atom stereocenters. The van der Waals surface area contributed by atoms with Crippen LogP contribution in [0.15, 0.2) is 10.5 Å². The number of aliphatic hydroxyl groups is 3. The first-order valence-corrected chi connectivity index (χ1v) is 18.7. The molecule has 6 N–H and O–H groups in total. The summed E-state index contributed by atoms with van der Waals surface area (Å²) in [6.07, 6.45) is 6.91. The Morgan fingerprint density at radius 3 is 2.38 bits per heavy atom. The Bertz CT molecular complexity index is 1040. The van der Waals surface area contributed by atoms with E-state index < -0.39 is 24.1 Å². The summed E-state index contributed by atoms with van der Waals surface area (Å²) in [6, 6.07) is 0. The Kier molecular flexibility index (Phi) is 17.3. The normalized spacial score (nSPS) is 27.2. The number of nitrogens with one attached hydrogen (secondary N) is 1. The van der Waals surface area contributed by atoms with Gasteiger partial charge in [-0.1, -0.05) is 13.8 Å². The van der Waals surface area contributed by atoms with Crippen molar-refractivity contribution < 1.29 is 43.9 Å². The van der Waals surface area contributed by atoms with E-state index in [0.717, 1.165) is 36.2 Å². The van der Waals surface area contributed by atoms with Crippen molar-refractivity contribution in [1.29, 1.82) is 0 Å². The van der Waals surface area contributed by atoms with Gasteiger partial charge in [-0.25, -0.2) is 0 Å². The van der Waals surface area contributed by atoms with Gasteiger partial charge in [-0.05, 0) is 99.5 Å². The lowest BCUT2D eigenvalue weighted by atomic mass is 9.50. The maximum Gasteiger partial charge on any atom is 0.220 e. The van der Waals surface area contributed by atoms with E-state index in [1.807, 2.05) is 0 Å². The van der Waals surface area contributed by atoms with Crippen molar-refractivity contribution in [1.82, 2.24) is 5.32 Å². The highest BCUT2D eigenvalue weighted by atomic mass is 32.2. The monoisotopic (exact) mass is 684 g/mol. The first-order chi connectivity index (χ1) is 22.6. The van der Waals surface area contributed by atoms with Crippen LogP contribution in [0, 0.1) is 23.2 Å². The summed E-state index contributed by atoms with van der Waals surface area (Å²) in [5.41, 5.74) is 4.74. The van der Waals surface area contributed by atoms with E-state index in [0.29, 0.717) is 103 Å². The number of thioether (sulfide) groups is 1. The summed E-state index contributed by atoms with van der Waals surface area (Å²) in [5, 5.41) is 34.5. The van der Waals surface area contributed by atoms with E-state index in [1.165, 1.54) is 11.8 Å². The molecule has 0 aromatic carbocycles. The van der Waals surface area contributed by atoms with Crippen molar-refractivity contribution in [3.8, 4) is 0 Å². The predicted molar refractivity (Wildman–Crippen MR) is 182 cm³/mol. The molecule has 0 spiro atoms. The van der Waals surface area contributed by atoms with Gasteiger partial charge in [0.25, 0.3) is 0 Å². The Morgan fingerprint density at radius 2 is 1.72 bits per heavy atom. The van der Waals surface area contributed by atoms with E-state index in [1.54, 1.807) is 6.92 Å². The van der Waals surface area contributed by atoms with Crippen LogP contribution in [-0.2, 0) is 28.6 Å². The number of ether oxygens (including phenoxy) is 3. The Hall–Kier alpha value is -1.38. The van der Waals surface area contributed by atoms with Crippen molar-refractivity contribution in [2.24, 2.45) is 28.9 Å². The molecule has 0 bridgehead atoms.